The molecule has 0 radical (unpaired) electrons. The Bertz CT molecular complexity index is 1240. The van der Waals surface area contributed by atoms with Crippen molar-refractivity contribution in [3.63, 3.8) is 0 Å². The van der Waals surface area contributed by atoms with Crippen LogP contribution in [0.25, 0.3) is 0 Å². The molecule has 1 saturated carbocycles. The van der Waals surface area contributed by atoms with Gasteiger partial charge in [0.05, 0.1) is 30.9 Å². The van der Waals surface area contributed by atoms with Gasteiger partial charge in [0.1, 0.15) is 11.6 Å². The van der Waals surface area contributed by atoms with Crippen LogP contribution >= 0.6 is 0 Å². The quantitative estimate of drug-likeness (QED) is 0.434. The molecule has 3 aromatic rings. The third-order valence-corrected chi connectivity index (χ3v) is 8.08. The number of amides is 1. The summed E-state index contributed by atoms with van der Waals surface area (Å²) in [5.74, 6) is -0.600. The molecule has 0 aromatic heterocycles. The summed E-state index contributed by atoms with van der Waals surface area (Å²) in [6.45, 7) is 4.35. The van der Waals surface area contributed by atoms with Gasteiger partial charge in [0.2, 0.25) is 5.91 Å². The maximum atomic E-state index is 14.0. The second kappa shape index (κ2) is 12.5. The van der Waals surface area contributed by atoms with Crippen molar-refractivity contribution < 1.29 is 18.3 Å². The third-order valence-electron chi connectivity index (χ3n) is 8.08. The van der Waals surface area contributed by atoms with E-state index in [9.17, 15) is 18.8 Å². The molecule has 1 aliphatic heterocycles. The maximum absolute atomic E-state index is 14.0. The number of nitrogens with zero attached hydrogens (tertiary/aromatic N) is 2. The SMILES string of the molecule is N#Cc1ccc([C@@H]2C[C@H](CN3CCOCC3)CC[C@H]2C(=O)NC(c2ccc(F)cc2)c2ccc(F)cc2)cc1. The van der Waals surface area contributed by atoms with Gasteiger partial charge in [-0.1, -0.05) is 36.4 Å². The van der Waals surface area contributed by atoms with Crippen LogP contribution in [0.3, 0.4) is 0 Å². The predicted molar refractivity (Wildman–Crippen MR) is 145 cm³/mol. The van der Waals surface area contributed by atoms with Gasteiger partial charge in [-0.25, -0.2) is 8.78 Å². The predicted octanol–water partition coefficient (Wildman–Crippen LogP) is 5.57. The van der Waals surface area contributed by atoms with Gasteiger partial charge in [-0.05, 0) is 84.2 Å². The van der Waals surface area contributed by atoms with Crippen molar-refractivity contribution >= 4 is 5.91 Å². The number of rotatable bonds is 7. The van der Waals surface area contributed by atoms with E-state index in [1.807, 2.05) is 24.3 Å². The highest BCUT2D eigenvalue weighted by Gasteiger charge is 2.37. The fraction of sp³-hybridized carbons (Fsp3) is 0.375. The van der Waals surface area contributed by atoms with Crippen molar-refractivity contribution in [1.82, 2.24) is 10.2 Å². The Balaban J connectivity index is 1.39. The van der Waals surface area contributed by atoms with E-state index in [2.05, 4.69) is 16.3 Å². The number of hydrogen-bond donors (Lipinski definition) is 1. The standard InChI is InChI=1S/C32H33F2N3O2/c33-27-10-6-25(7-11-27)31(26-8-12-28(34)13-9-26)36-32(38)29-14-3-23(21-37-15-17-39-18-16-37)19-30(29)24-4-1-22(20-35)2-5-24/h1-2,4-13,23,29-31H,3,14-19,21H2,(H,36,38)/t23-,29-,30+/m1/s1. The van der Waals surface area contributed by atoms with Gasteiger partial charge in [0.25, 0.3) is 0 Å². The number of hydrogen-bond acceptors (Lipinski definition) is 4. The molecule has 1 N–H and O–H groups in total. The van der Waals surface area contributed by atoms with Crippen LogP contribution in [-0.4, -0.2) is 43.7 Å². The number of morpholine rings is 1. The fourth-order valence-electron chi connectivity index (χ4n) is 5.98. The molecule has 39 heavy (non-hydrogen) atoms. The molecule has 1 saturated heterocycles. The Labute approximate surface area is 228 Å². The zero-order valence-electron chi connectivity index (χ0n) is 21.9. The lowest BCUT2D eigenvalue weighted by atomic mass is 9.70. The highest BCUT2D eigenvalue weighted by Crippen LogP contribution is 2.42. The smallest absolute Gasteiger partial charge is 0.224 e. The molecule has 5 nitrogen and oxygen atoms in total. The molecule has 2 aliphatic rings. The first-order valence-corrected chi connectivity index (χ1v) is 13.6. The molecule has 1 heterocycles. The third kappa shape index (κ3) is 6.70. The van der Waals surface area contributed by atoms with Gasteiger partial charge < -0.3 is 10.1 Å². The second-order valence-electron chi connectivity index (χ2n) is 10.6. The normalized spacial score (nSPS) is 21.8. The molecule has 3 aromatic carbocycles. The van der Waals surface area contributed by atoms with E-state index in [4.69, 9.17) is 4.74 Å². The van der Waals surface area contributed by atoms with E-state index < -0.39 is 6.04 Å². The van der Waals surface area contributed by atoms with Crippen LogP contribution in [-0.2, 0) is 9.53 Å². The highest BCUT2D eigenvalue weighted by molar-refractivity contribution is 5.81. The summed E-state index contributed by atoms with van der Waals surface area (Å²) in [6.07, 6.45) is 2.56. The highest BCUT2D eigenvalue weighted by atomic mass is 19.1. The van der Waals surface area contributed by atoms with E-state index >= 15 is 0 Å². The monoisotopic (exact) mass is 529 g/mol. The maximum Gasteiger partial charge on any atom is 0.224 e. The van der Waals surface area contributed by atoms with Crippen molar-refractivity contribution in [3.05, 3.63) is 107 Å². The second-order valence-corrected chi connectivity index (χ2v) is 10.6. The molecule has 0 bridgehead atoms. The first-order valence-electron chi connectivity index (χ1n) is 13.6. The van der Waals surface area contributed by atoms with Crippen LogP contribution in [0, 0.1) is 34.8 Å². The lowest BCUT2D eigenvalue weighted by Crippen LogP contribution is -2.43. The number of carbonyl (C=O) groups is 1. The molecule has 7 heteroatoms. The van der Waals surface area contributed by atoms with Gasteiger partial charge in [0.15, 0.2) is 0 Å². The van der Waals surface area contributed by atoms with Gasteiger partial charge in [-0.2, -0.15) is 5.26 Å². The summed E-state index contributed by atoms with van der Waals surface area (Å²) in [5, 5.41) is 12.5. The van der Waals surface area contributed by atoms with E-state index in [-0.39, 0.29) is 29.4 Å². The first kappa shape index (κ1) is 27.0. The molecule has 1 amide bonds. The van der Waals surface area contributed by atoms with E-state index in [1.54, 1.807) is 24.3 Å². The molecule has 0 spiro atoms. The minimum absolute atomic E-state index is 0.000353. The Morgan fingerprint density at radius 1 is 0.923 bits per heavy atom. The van der Waals surface area contributed by atoms with Crippen LogP contribution in [0.1, 0.15) is 53.5 Å². The number of ether oxygens (including phenoxy) is 1. The van der Waals surface area contributed by atoms with Crippen molar-refractivity contribution in [3.8, 4) is 6.07 Å². The number of halogens is 2. The van der Waals surface area contributed by atoms with Gasteiger partial charge in [-0.15, -0.1) is 0 Å². The largest absolute Gasteiger partial charge is 0.379 e. The Hall–Kier alpha value is -3.60. The van der Waals surface area contributed by atoms with Crippen molar-refractivity contribution in [2.75, 3.05) is 32.8 Å². The van der Waals surface area contributed by atoms with Crippen molar-refractivity contribution in [2.24, 2.45) is 11.8 Å². The number of benzene rings is 3. The summed E-state index contributed by atoms with van der Waals surface area (Å²) in [5.41, 5.74) is 3.11. The first-order chi connectivity index (χ1) is 19.0. The Morgan fingerprint density at radius 2 is 1.51 bits per heavy atom. The molecule has 202 valence electrons. The fourth-order valence-corrected chi connectivity index (χ4v) is 5.98. The van der Waals surface area contributed by atoms with Crippen LogP contribution in [0.5, 0.6) is 0 Å². The number of nitrogens with one attached hydrogen (secondary N) is 1. The van der Waals surface area contributed by atoms with Crippen LogP contribution in [0.15, 0.2) is 72.8 Å². The molecule has 1 aliphatic carbocycles. The minimum Gasteiger partial charge on any atom is -0.379 e. The molecule has 3 atom stereocenters. The summed E-state index contributed by atoms with van der Waals surface area (Å²) >= 11 is 0. The number of nitriles is 1. The lowest BCUT2D eigenvalue weighted by molar-refractivity contribution is -0.127. The lowest BCUT2D eigenvalue weighted by Gasteiger charge is -2.39. The summed E-state index contributed by atoms with van der Waals surface area (Å²) in [7, 11) is 0. The molecular formula is C32H33F2N3O2. The average Bonchev–Trinajstić information content (AvgIpc) is 2.97. The molecule has 5 rings (SSSR count). The van der Waals surface area contributed by atoms with E-state index in [1.165, 1.54) is 24.3 Å². The van der Waals surface area contributed by atoms with Gasteiger partial charge in [-0.3, -0.25) is 9.69 Å². The minimum atomic E-state index is -0.536. The summed E-state index contributed by atoms with van der Waals surface area (Å²) in [6, 6.07) is 21.3. The molecule has 2 fully saturated rings. The Morgan fingerprint density at radius 3 is 2.08 bits per heavy atom. The zero-order chi connectivity index (χ0) is 27.2. The van der Waals surface area contributed by atoms with E-state index in [0.717, 1.165) is 68.8 Å². The van der Waals surface area contributed by atoms with Crippen LogP contribution < -0.4 is 5.32 Å². The average molecular weight is 530 g/mol. The van der Waals surface area contributed by atoms with Gasteiger partial charge in [0, 0.05) is 25.6 Å². The van der Waals surface area contributed by atoms with Gasteiger partial charge >= 0.3 is 0 Å². The topological polar surface area (TPSA) is 65.4 Å². The molecule has 0 unspecified atom stereocenters. The summed E-state index contributed by atoms with van der Waals surface area (Å²) < 4.78 is 32.9. The Kier molecular flexibility index (Phi) is 8.65. The number of carbonyl (C=O) groups excluding carboxylic acids is 1. The summed E-state index contributed by atoms with van der Waals surface area (Å²) in [4.78, 5) is 16.4. The molecular weight excluding hydrogens is 496 g/mol. The van der Waals surface area contributed by atoms with Crippen molar-refractivity contribution in [1.29, 1.82) is 5.26 Å². The van der Waals surface area contributed by atoms with Crippen LogP contribution in [0.4, 0.5) is 8.78 Å². The van der Waals surface area contributed by atoms with Crippen molar-refractivity contribution in [2.45, 2.75) is 31.2 Å². The van der Waals surface area contributed by atoms with Crippen LogP contribution in [0.2, 0.25) is 0 Å². The van der Waals surface area contributed by atoms with E-state index in [0.29, 0.717) is 11.5 Å². The zero-order valence-corrected chi connectivity index (χ0v) is 21.9.